The van der Waals surface area contributed by atoms with Gasteiger partial charge in [-0.05, 0) is 26.8 Å². The molecule has 1 fully saturated rings. The zero-order valence-electron chi connectivity index (χ0n) is 8.55. The first-order valence-electron chi connectivity index (χ1n) is 4.80. The highest BCUT2D eigenvalue weighted by Crippen LogP contribution is 2.44. The monoisotopic (exact) mass is 189 g/mol. The number of hydrogen-bond donors (Lipinski definition) is 0. The van der Waals surface area contributed by atoms with E-state index in [9.17, 15) is 0 Å². The molecule has 3 atom stereocenters. The molecule has 0 saturated carbocycles. The van der Waals surface area contributed by atoms with Crippen LogP contribution >= 0.6 is 8.96 Å². The number of likely N-dealkylation sites (N-methyl/N-ethyl adjacent to an activating group) is 1. The molecular formula is C9H20NOP. The normalized spacial score (nSPS) is 39.5. The number of hydrogen-bond acceptors (Lipinski definition) is 2. The third-order valence-corrected chi connectivity index (χ3v) is 4.02. The third kappa shape index (κ3) is 1.81. The zero-order chi connectivity index (χ0) is 9.19. The van der Waals surface area contributed by atoms with Crippen molar-refractivity contribution in [3.05, 3.63) is 0 Å². The van der Waals surface area contributed by atoms with E-state index in [2.05, 4.69) is 32.5 Å². The Morgan fingerprint density at radius 2 is 2.17 bits per heavy atom. The minimum atomic E-state index is 0.114. The van der Waals surface area contributed by atoms with Gasteiger partial charge in [0.2, 0.25) is 0 Å². The molecule has 0 bridgehead atoms. The Morgan fingerprint density at radius 1 is 1.50 bits per heavy atom. The molecule has 2 nitrogen and oxygen atoms in total. The molecule has 1 heterocycles. The molecule has 0 aromatic heterocycles. The summed E-state index contributed by atoms with van der Waals surface area (Å²) < 4.78 is 8.17. The molecule has 0 N–H and O–H groups in total. The Labute approximate surface area is 77.6 Å². The highest BCUT2D eigenvalue weighted by atomic mass is 31.1. The average Bonchev–Trinajstić information content (AvgIpc) is 2.34. The van der Waals surface area contributed by atoms with E-state index in [1.54, 1.807) is 0 Å². The van der Waals surface area contributed by atoms with Crippen molar-refractivity contribution in [2.45, 2.75) is 51.7 Å². The lowest BCUT2D eigenvalue weighted by atomic mass is 9.90. The topological polar surface area (TPSA) is 12.5 Å². The Morgan fingerprint density at radius 3 is 2.67 bits per heavy atom. The molecule has 1 aliphatic heterocycles. The fourth-order valence-electron chi connectivity index (χ4n) is 1.80. The van der Waals surface area contributed by atoms with Crippen molar-refractivity contribution >= 4 is 8.96 Å². The lowest BCUT2D eigenvalue weighted by Gasteiger charge is -2.30. The predicted molar refractivity (Wildman–Crippen MR) is 54.6 cm³/mol. The van der Waals surface area contributed by atoms with Crippen LogP contribution in [-0.4, -0.2) is 23.4 Å². The fourth-order valence-corrected chi connectivity index (χ4v) is 2.96. The molecule has 1 unspecified atom stereocenters. The molecule has 0 spiro atoms. The van der Waals surface area contributed by atoms with E-state index in [1.165, 1.54) is 12.8 Å². The van der Waals surface area contributed by atoms with Crippen LogP contribution in [-0.2, 0) is 4.52 Å². The summed E-state index contributed by atoms with van der Waals surface area (Å²) in [6.07, 6.45) is 3.63. The van der Waals surface area contributed by atoms with Crippen molar-refractivity contribution in [2.75, 3.05) is 7.05 Å². The van der Waals surface area contributed by atoms with E-state index in [4.69, 9.17) is 4.52 Å². The summed E-state index contributed by atoms with van der Waals surface area (Å²) in [6.45, 7) is 6.70. The van der Waals surface area contributed by atoms with E-state index in [-0.39, 0.29) is 5.60 Å². The van der Waals surface area contributed by atoms with Crippen molar-refractivity contribution in [3.8, 4) is 0 Å². The largest absolute Gasteiger partial charge is 0.339 e. The maximum Gasteiger partial charge on any atom is 0.0899 e. The molecule has 0 aliphatic carbocycles. The van der Waals surface area contributed by atoms with Crippen molar-refractivity contribution in [3.63, 3.8) is 0 Å². The van der Waals surface area contributed by atoms with Crippen LogP contribution in [0.4, 0.5) is 0 Å². The van der Waals surface area contributed by atoms with Gasteiger partial charge in [0.25, 0.3) is 0 Å². The maximum absolute atomic E-state index is 5.82. The van der Waals surface area contributed by atoms with Gasteiger partial charge < -0.3 is 4.52 Å². The third-order valence-electron chi connectivity index (χ3n) is 2.86. The van der Waals surface area contributed by atoms with E-state index in [0.29, 0.717) is 15.0 Å². The summed E-state index contributed by atoms with van der Waals surface area (Å²) in [5.41, 5.74) is 0.114. The van der Waals surface area contributed by atoms with Gasteiger partial charge in [-0.3, -0.25) is 4.67 Å². The van der Waals surface area contributed by atoms with Crippen LogP contribution in [0.25, 0.3) is 0 Å². The van der Waals surface area contributed by atoms with Crippen molar-refractivity contribution < 1.29 is 4.52 Å². The second kappa shape index (κ2) is 4.04. The molecule has 0 radical (unpaired) electrons. The van der Waals surface area contributed by atoms with Crippen LogP contribution < -0.4 is 0 Å². The molecular weight excluding hydrogens is 169 g/mol. The Balaban J connectivity index is 2.63. The van der Waals surface area contributed by atoms with E-state index in [0.717, 1.165) is 6.42 Å². The van der Waals surface area contributed by atoms with E-state index >= 15 is 0 Å². The summed E-state index contributed by atoms with van der Waals surface area (Å²) in [5, 5.41) is 0. The van der Waals surface area contributed by atoms with Crippen molar-refractivity contribution in [1.82, 2.24) is 4.67 Å². The van der Waals surface area contributed by atoms with Gasteiger partial charge in [0.15, 0.2) is 0 Å². The smallest absolute Gasteiger partial charge is 0.0899 e. The maximum atomic E-state index is 5.82. The second-order valence-corrected chi connectivity index (χ2v) is 4.87. The predicted octanol–water partition coefficient (Wildman–Crippen LogP) is 2.79. The number of rotatable bonds is 3. The highest BCUT2D eigenvalue weighted by molar-refractivity contribution is 7.29. The molecule has 12 heavy (non-hydrogen) atoms. The number of nitrogens with zero attached hydrogens (tertiary/aromatic N) is 1. The van der Waals surface area contributed by atoms with Gasteiger partial charge >= 0.3 is 0 Å². The van der Waals surface area contributed by atoms with E-state index < -0.39 is 0 Å². The summed E-state index contributed by atoms with van der Waals surface area (Å²) >= 11 is 0. The quantitative estimate of drug-likeness (QED) is 0.633. The van der Waals surface area contributed by atoms with Crippen LogP contribution in [0.3, 0.4) is 0 Å². The first-order chi connectivity index (χ1) is 5.64. The van der Waals surface area contributed by atoms with Crippen molar-refractivity contribution in [1.29, 1.82) is 0 Å². The summed E-state index contributed by atoms with van der Waals surface area (Å²) in [6, 6.07) is 0.630. The van der Waals surface area contributed by atoms with Gasteiger partial charge in [-0.15, -0.1) is 0 Å². The lowest BCUT2D eigenvalue weighted by Crippen LogP contribution is -2.40. The molecule has 0 aromatic rings. The van der Waals surface area contributed by atoms with E-state index in [1.807, 2.05) is 0 Å². The fraction of sp³-hybridized carbons (Fsp3) is 1.00. The van der Waals surface area contributed by atoms with Crippen LogP contribution in [0.2, 0.25) is 0 Å². The molecule has 1 rings (SSSR count). The van der Waals surface area contributed by atoms with Crippen LogP contribution in [0.15, 0.2) is 0 Å². The average molecular weight is 189 g/mol. The Hall–Kier alpha value is 0.350. The highest BCUT2D eigenvalue weighted by Gasteiger charge is 2.41. The SMILES string of the molecule is CCC[C@@H]1N(C)PO[C@@]1(C)CC. The lowest BCUT2D eigenvalue weighted by molar-refractivity contribution is 0.0775. The Kier molecular flexibility index (Phi) is 3.51. The minimum Gasteiger partial charge on any atom is -0.339 e. The summed E-state index contributed by atoms with van der Waals surface area (Å²) in [7, 11) is 2.73. The Bertz CT molecular complexity index is 153. The van der Waals surface area contributed by atoms with Crippen molar-refractivity contribution in [2.24, 2.45) is 0 Å². The zero-order valence-corrected chi connectivity index (χ0v) is 9.55. The van der Waals surface area contributed by atoms with Crippen LogP contribution in [0.1, 0.15) is 40.0 Å². The van der Waals surface area contributed by atoms with Gasteiger partial charge in [0.05, 0.1) is 14.6 Å². The molecule has 0 aromatic carbocycles. The molecule has 0 amide bonds. The molecule has 72 valence electrons. The van der Waals surface area contributed by atoms with Gasteiger partial charge in [-0.25, -0.2) is 0 Å². The van der Waals surface area contributed by atoms with Crippen LogP contribution in [0, 0.1) is 0 Å². The minimum absolute atomic E-state index is 0.114. The molecule has 3 heteroatoms. The summed E-state index contributed by atoms with van der Waals surface area (Å²) in [4.78, 5) is 0. The standard InChI is InChI=1S/C9H20NOP/c1-5-7-8-9(3,6-2)11-12-10(8)4/h8,12H,5-7H2,1-4H3/t8-,9-/m0/s1. The van der Waals surface area contributed by atoms with Crippen LogP contribution in [0.5, 0.6) is 0 Å². The first kappa shape index (κ1) is 10.4. The van der Waals surface area contributed by atoms with Gasteiger partial charge in [0.1, 0.15) is 0 Å². The van der Waals surface area contributed by atoms with Gasteiger partial charge in [-0.1, -0.05) is 20.3 Å². The summed E-state index contributed by atoms with van der Waals surface area (Å²) in [5.74, 6) is 0. The first-order valence-corrected chi connectivity index (χ1v) is 5.66. The van der Waals surface area contributed by atoms with Gasteiger partial charge in [0, 0.05) is 6.04 Å². The van der Waals surface area contributed by atoms with Gasteiger partial charge in [-0.2, -0.15) is 0 Å². The molecule has 1 saturated heterocycles. The molecule has 1 aliphatic rings. The second-order valence-electron chi connectivity index (χ2n) is 3.77.